The average molecular weight is 610 g/mol. The summed E-state index contributed by atoms with van der Waals surface area (Å²) < 4.78 is 17.7. The number of piperidine rings is 1. The monoisotopic (exact) mass is 609 g/mol. The van der Waals surface area contributed by atoms with Crippen molar-refractivity contribution in [2.75, 3.05) is 26.8 Å². The molecule has 4 aromatic rings. The molecule has 3 aliphatic heterocycles. The fraction of sp³-hybridized carbons (Fsp3) is 0.242. The minimum Gasteiger partial charge on any atom is -0.496 e. The molecule has 4 heterocycles. The first-order valence-corrected chi connectivity index (χ1v) is 14.4. The number of amides is 3. The van der Waals surface area contributed by atoms with Gasteiger partial charge in [0.1, 0.15) is 29.0 Å². The third-order valence-corrected chi connectivity index (χ3v) is 7.71. The van der Waals surface area contributed by atoms with E-state index >= 15 is 0 Å². The molecule has 12 heteroatoms. The Hall–Kier alpha value is -5.65. The van der Waals surface area contributed by atoms with Crippen LogP contribution in [0.15, 0.2) is 83.9 Å². The minimum atomic E-state index is -0.592. The fourth-order valence-corrected chi connectivity index (χ4v) is 5.39. The van der Waals surface area contributed by atoms with Crippen LogP contribution in [0.4, 0.5) is 0 Å². The molecule has 1 saturated heterocycles. The second-order valence-electron chi connectivity index (χ2n) is 10.7. The number of nitrogens with one attached hydrogen (secondary N) is 3. The largest absolute Gasteiger partial charge is 0.496 e. The zero-order chi connectivity index (χ0) is 31.3. The standard InChI is InChI=1S/C33H31N5O7/c1-43-28-10-7-22-14-25(28)21-3-2-4-24(13-21)44-19-31(40)35-15-20-5-8-23(9-6-20)45-29-11-12-38(18-27(29)37-32(22)41)33(42)26-16-34-17-30(39)36-26/h2-10,13-14,16-17,27,29H,11-12,15,18-19H2,1H3,(H,35,40)(H,36,39)(H,37,41)/t27-,29-/m1/s1. The number of H-pyrrole nitrogens is 1. The van der Waals surface area contributed by atoms with Crippen LogP contribution in [0.3, 0.4) is 0 Å². The van der Waals surface area contributed by atoms with Crippen molar-refractivity contribution in [1.82, 2.24) is 25.5 Å². The summed E-state index contributed by atoms with van der Waals surface area (Å²) in [5, 5.41) is 5.94. The lowest BCUT2D eigenvalue weighted by atomic mass is 9.99. The molecule has 0 aliphatic carbocycles. The summed E-state index contributed by atoms with van der Waals surface area (Å²) in [5.74, 6) is 0.572. The van der Waals surface area contributed by atoms with Crippen LogP contribution in [0.1, 0.15) is 32.8 Å². The summed E-state index contributed by atoms with van der Waals surface area (Å²) in [6, 6.07) is 19.0. The third-order valence-electron chi connectivity index (χ3n) is 7.71. The Morgan fingerprint density at radius 3 is 2.62 bits per heavy atom. The van der Waals surface area contributed by atoms with Crippen LogP contribution in [0, 0.1) is 0 Å². The predicted molar refractivity (Wildman–Crippen MR) is 163 cm³/mol. The molecule has 3 aliphatic rings. The number of benzene rings is 3. The summed E-state index contributed by atoms with van der Waals surface area (Å²) in [6.07, 6.45) is 2.35. The molecule has 45 heavy (non-hydrogen) atoms. The smallest absolute Gasteiger partial charge is 0.272 e. The van der Waals surface area contributed by atoms with Crippen LogP contribution >= 0.6 is 0 Å². The van der Waals surface area contributed by atoms with Crippen molar-refractivity contribution in [3.63, 3.8) is 0 Å². The molecule has 2 atom stereocenters. The molecule has 3 amide bonds. The van der Waals surface area contributed by atoms with Crippen molar-refractivity contribution in [3.05, 3.63) is 106 Å². The number of ether oxygens (including phenoxy) is 3. The number of rotatable bonds is 2. The Morgan fingerprint density at radius 1 is 0.978 bits per heavy atom. The van der Waals surface area contributed by atoms with Crippen molar-refractivity contribution < 1.29 is 28.6 Å². The van der Waals surface area contributed by atoms with E-state index in [0.29, 0.717) is 47.9 Å². The van der Waals surface area contributed by atoms with Gasteiger partial charge in [0.15, 0.2) is 6.61 Å². The highest BCUT2D eigenvalue weighted by Gasteiger charge is 2.35. The number of carbonyl (C=O) groups excluding carboxylic acids is 3. The first-order valence-electron chi connectivity index (χ1n) is 14.4. The Bertz CT molecular complexity index is 1790. The average Bonchev–Trinajstić information content (AvgIpc) is 3.07. The highest BCUT2D eigenvalue weighted by molar-refractivity contribution is 5.97. The van der Waals surface area contributed by atoms with Gasteiger partial charge in [-0.3, -0.25) is 24.2 Å². The van der Waals surface area contributed by atoms with Gasteiger partial charge in [0, 0.05) is 37.2 Å². The number of fused-ring (bicyclic) bond motifs is 7. The summed E-state index contributed by atoms with van der Waals surface area (Å²) in [4.78, 5) is 59.2. The number of methoxy groups -OCH3 is 1. The number of carbonyl (C=O) groups is 3. The molecular weight excluding hydrogens is 578 g/mol. The van der Waals surface area contributed by atoms with Crippen molar-refractivity contribution >= 4 is 17.7 Å². The van der Waals surface area contributed by atoms with Crippen molar-refractivity contribution in [1.29, 1.82) is 0 Å². The zero-order valence-electron chi connectivity index (χ0n) is 24.4. The maximum absolute atomic E-state index is 13.7. The van der Waals surface area contributed by atoms with Gasteiger partial charge >= 0.3 is 0 Å². The van der Waals surface area contributed by atoms with E-state index < -0.39 is 23.6 Å². The minimum absolute atomic E-state index is 0.0637. The zero-order valence-corrected chi connectivity index (χ0v) is 24.4. The van der Waals surface area contributed by atoms with Gasteiger partial charge in [0.25, 0.3) is 23.3 Å². The summed E-state index contributed by atoms with van der Waals surface area (Å²) >= 11 is 0. The summed E-state index contributed by atoms with van der Waals surface area (Å²) in [7, 11) is 1.55. The van der Waals surface area contributed by atoms with E-state index in [1.807, 2.05) is 18.2 Å². The molecule has 12 nitrogen and oxygen atoms in total. The number of hydrogen-bond acceptors (Lipinski definition) is 8. The molecule has 230 valence electrons. The van der Waals surface area contributed by atoms with E-state index in [9.17, 15) is 19.2 Å². The Morgan fingerprint density at radius 2 is 1.82 bits per heavy atom. The van der Waals surface area contributed by atoms with Gasteiger partial charge in [-0.05, 0) is 53.6 Å². The normalized spacial score (nSPS) is 18.4. The first kappa shape index (κ1) is 29.4. The van der Waals surface area contributed by atoms with E-state index in [-0.39, 0.29) is 30.7 Å². The number of hydrogen-bond donors (Lipinski definition) is 3. The maximum Gasteiger partial charge on any atom is 0.272 e. The van der Waals surface area contributed by atoms with Gasteiger partial charge in [-0.1, -0.05) is 24.3 Å². The van der Waals surface area contributed by atoms with Crippen LogP contribution in [0.5, 0.6) is 17.2 Å². The molecule has 6 bridgehead atoms. The molecule has 0 saturated carbocycles. The maximum atomic E-state index is 13.7. The van der Waals surface area contributed by atoms with E-state index in [1.165, 1.54) is 6.20 Å². The van der Waals surface area contributed by atoms with Gasteiger partial charge in [0.05, 0.1) is 25.5 Å². The highest BCUT2D eigenvalue weighted by atomic mass is 16.5. The van der Waals surface area contributed by atoms with Gasteiger partial charge in [0.2, 0.25) is 0 Å². The van der Waals surface area contributed by atoms with Gasteiger partial charge in [-0.2, -0.15) is 0 Å². The first-order chi connectivity index (χ1) is 21.9. The van der Waals surface area contributed by atoms with E-state index in [2.05, 4.69) is 20.6 Å². The molecule has 7 rings (SSSR count). The number of aromatic amines is 1. The molecule has 3 aromatic carbocycles. The van der Waals surface area contributed by atoms with Crippen molar-refractivity contribution in [2.45, 2.75) is 25.1 Å². The Labute approximate surface area is 258 Å². The molecular formula is C33H31N5O7. The molecule has 0 spiro atoms. The Balaban J connectivity index is 1.34. The van der Waals surface area contributed by atoms with Crippen LogP contribution in [-0.2, 0) is 11.3 Å². The lowest BCUT2D eigenvalue weighted by Gasteiger charge is -2.38. The number of likely N-dealkylation sites (tertiary alicyclic amines) is 1. The van der Waals surface area contributed by atoms with Crippen LogP contribution in [-0.4, -0.2) is 71.5 Å². The SMILES string of the molecule is COc1ccc2cc1-c1cccc(c1)OCC(=O)NCc1ccc(cc1)O[C@@H]1CCN(C(=O)c3cncc(=O)[nH]3)C[C@H]1NC2=O. The number of aromatic nitrogens is 2. The topological polar surface area (TPSA) is 152 Å². The van der Waals surface area contributed by atoms with Crippen LogP contribution < -0.4 is 30.4 Å². The van der Waals surface area contributed by atoms with E-state index in [4.69, 9.17) is 14.2 Å². The second kappa shape index (κ2) is 12.9. The van der Waals surface area contributed by atoms with Crippen LogP contribution in [0.2, 0.25) is 0 Å². The van der Waals surface area contributed by atoms with E-state index in [0.717, 1.165) is 17.3 Å². The molecule has 0 radical (unpaired) electrons. The number of nitrogens with zero attached hydrogens (tertiary/aromatic N) is 2. The fourth-order valence-electron chi connectivity index (χ4n) is 5.39. The lowest BCUT2D eigenvalue weighted by molar-refractivity contribution is -0.123. The Kier molecular flexibility index (Phi) is 8.45. The van der Waals surface area contributed by atoms with E-state index in [1.54, 1.807) is 60.5 Å². The van der Waals surface area contributed by atoms with Crippen molar-refractivity contribution in [3.8, 4) is 28.4 Å². The van der Waals surface area contributed by atoms with Crippen molar-refractivity contribution in [2.24, 2.45) is 0 Å². The molecule has 1 aromatic heterocycles. The predicted octanol–water partition coefficient (Wildman–Crippen LogP) is 2.55. The quantitative estimate of drug-likeness (QED) is 0.314. The van der Waals surface area contributed by atoms with Gasteiger partial charge in [-0.15, -0.1) is 0 Å². The summed E-state index contributed by atoms with van der Waals surface area (Å²) in [6.45, 7) is 0.618. The van der Waals surface area contributed by atoms with Crippen LogP contribution in [0.25, 0.3) is 11.1 Å². The second-order valence-corrected chi connectivity index (χ2v) is 10.7. The summed E-state index contributed by atoms with van der Waals surface area (Å²) in [5.41, 5.74) is 2.21. The lowest BCUT2D eigenvalue weighted by Crippen LogP contribution is -2.58. The van der Waals surface area contributed by atoms with Gasteiger partial charge < -0.3 is 34.7 Å². The molecule has 0 unspecified atom stereocenters. The third kappa shape index (κ3) is 6.80. The molecule has 1 fully saturated rings. The molecule has 3 N–H and O–H groups in total. The van der Waals surface area contributed by atoms with Gasteiger partial charge in [-0.25, -0.2) is 0 Å². The highest BCUT2D eigenvalue weighted by Crippen LogP contribution is 2.33.